The molecule has 10 heavy (non-hydrogen) atoms. The van der Waals surface area contributed by atoms with Crippen LogP contribution >= 0.6 is 0 Å². The molecular weight excluding hydrogens is 130 g/mol. The molecule has 0 bridgehead atoms. The first-order valence-electron chi connectivity index (χ1n) is 2.84. The molecule has 0 aliphatic carbocycles. The van der Waals surface area contributed by atoms with Gasteiger partial charge in [0, 0.05) is 5.57 Å². The van der Waals surface area contributed by atoms with Gasteiger partial charge in [-0.3, -0.25) is 4.79 Å². The molecule has 0 aliphatic heterocycles. The van der Waals surface area contributed by atoms with E-state index in [0.717, 1.165) is 0 Å². The van der Waals surface area contributed by atoms with Gasteiger partial charge in [0.25, 0.3) is 0 Å². The van der Waals surface area contributed by atoms with E-state index in [4.69, 9.17) is 10.5 Å². The average Bonchev–Trinajstić information content (AvgIpc) is 1.88. The van der Waals surface area contributed by atoms with E-state index in [9.17, 15) is 4.79 Å². The van der Waals surface area contributed by atoms with Gasteiger partial charge in [-0.25, -0.2) is 0 Å². The maximum absolute atomic E-state index is 10.3. The molecule has 0 radical (unpaired) electrons. The zero-order valence-electron chi connectivity index (χ0n) is 5.80. The number of amides is 1. The minimum absolute atomic E-state index is 0.182. The zero-order valence-corrected chi connectivity index (χ0v) is 5.80. The number of nitrogens with two attached hydrogens (primary N) is 1. The summed E-state index contributed by atoms with van der Waals surface area (Å²) in [7, 11) is 0. The number of carbonyl (C=O) groups is 1. The molecule has 0 saturated heterocycles. The van der Waals surface area contributed by atoms with Crippen LogP contribution in [0.3, 0.4) is 0 Å². The Morgan fingerprint density at radius 1 is 1.70 bits per heavy atom. The summed E-state index contributed by atoms with van der Waals surface area (Å²) >= 11 is 0. The van der Waals surface area contributed by atoms with E-state index < -0.39 is 5.91 Å². The van der Waals surface area contributed by atoms with Crippen LogP contribution in [0.15, 0.2) is 24.8 Å². The Labute approximate surface area is 60.2 Å². The molecule has 0 unspecified atom stereocenters. The van der Waals surface area contributed by atoms with Crippen molar-refractivity contribution in [2.24, 2.45) is 5.73 Å². The largest absolute Gasteiger partial charge is 0.373 e. The van der Waals surface area contributed by atoms with Crippen LogP contribution in [-0.4, -0.2) is 19.1 Å². The summed E-state index contributed by atoms with van der Waals surface area (Å²) in [4.78, 5) is 10.3. The Morgan fingerprint density at radius 2 is 2.30 bits per heavy atom. The third kappa shape index (κ3) is 3.86. The van der Waals surface area contributed by atoms with Crippen molar-refractivity contribution in [1.82, 2.24) is 0 Å². The first kappa shape index (κ1) is 8.91. The van der Waals surface area contributed by atoms with E-state index in [2.05, 4.69) is 13.2 Å². The highest BCUT2D eigenvalue weighted by molar-refractivity contribution is 5.91. The quantitative estimate of drug-likeness (QED) is 0.338. The van der Waals surface area contributed by atoms with Gasteiger partial charge in [-0.15, -0.1) is 6.58 Å². The lowest BCUT2D eigenvalue weighted by atomic mass is 10.3. The molecule has 0 aromatic heterocycles. The molecule has 0 atom stereocenters. The van der Waals surface area contributed by atoms with Crippen LogP contribution < -0.4 is 5.73 Å². The lowest BCUT2D eigenvalue weighted by molar-refractivity contribution is -0.115. The first-order valence-corrected chi connectivity index (χ1v) is 2.84. The molecule has 56 valence electrons. The summed E-state index contributed by atoms with van der Waals surface area (Å²) in [5.74, 6) is -0.524. The van der Waals surface area contributed by atoms with Gasteiger partial charge in [-0.05, 0) is 0 Å². The number of ether oxygens (including phenoxy) is 1. The molecule has 1 amide bonds. The van der Waals surface area contributed by atoms with Crippen molar-refractivity contribution in [2.75, 3.05) is 13.2 Å². The SMILES string of the molecule is C=CCOCC(=C)C(N)=O. The second-order valence-corrected chi connectivity index (χ2v) is 1.77. The fourth-order valence-electron chi connectivity index (χ4n) is 0.337. The first-order chi connectivity index (χ1) is 4.68. The average molecular weight is 141 g/mol. The summed E-state index contributed by atoms with van der Waals surface area (Å²) in [5.41, 5.74) is 5.15. The molecule has 0 heterocycles. The summed E-state index contributed by atoms with van der Waals surface area (Å²) < 4.78 is 4.89. The van der Waals surface area contributed by atoms with Crippen LogP contribution in [0.4, 0.5) is 0 Å². The highest BCUT2D eigenvalue weighted by Crippen LogP contribution is 1.88. The molecule has 2 N–H and O–H groups in total. The Kier molecular flexibility index (Phi) is 4.24. The standard InChI is InChI=1S/C7H11NO2/c1-3-4-10-5-6(2)7(8)9/h3H,1-2,4-5H2,(H2,8,9). The van der Waals surface area contributed by atoms with E-state index >= 15 is 0 Å². The minimum Gasteiger partial charge on any atom is -0.373 e. The van der Waals surface area contributed by atoms with Gasteiger partial charge in [0.05, 0.1) is 13.2 Å². The number of primary amides is 1. The number of hydrogen-bond donors (Lipinski definition) is 1. The van der Waals surface area contributed by atoms with Gasteiger partial charge in [-0.2, -0.15) is 0 Å². The Hall–Kier alpha value is -1.09. The van der Waals surface area contributed by atoms with Crippen molar-refractivity contribution >= 4 is 5.91 Å². The summed E-state index contributed by atoms with van der Waals surface area (Å²) in [6.07, 6.45) is 1.59. The molecule has 0 saturated carbocycles. The Morgan fingerprint density at radius 3 is 2.70 bits per heavy atom. The smallest absolute Gasteiger partial charge is 0.246 e. The van der Waals surface area contributed by atoms with Crippen LogP contribution in [0, 0.1) is 0 Å². The van der Waals surface area contributed by atoms with Gasteiger partial charge < -0.3 is 10.5 Å². The fraction of sp³-hybridized carbons (Fsp3) is 0.286. The molecule has 0 rings (SSSR count). The molecule has 0 fully saturated rings. The van der Waals surface area contributed by atoms with Crippen LogP contribution in [0.1, 0.15) is 0 Å². The predicted octanol–water partition coefficient (Wildman–Crippen LogP) is 0.231. The minimum atomic E-state index is -0.524. The van der Waals surface area contributed by atoms with Crippen LogP contribution in [0.2, 0.25) is 0 Å². The van der Waals surface area contributed by atoms with Gasteiger partial charge in [0.1, 0.15) is 0 Å². The number of hydrogen-bond acceptors (Lipinski definition) is 2. The fourth-order valence-corrected chi connectivity index (χ4v) is 0.337. The van der Waals surface area contributed by atoms with Crippen LogP contribution in [-0.2, 0) is 9.53 Å². The normalized spacial score (nSPS) is 8.80. The van der Waals surface area contributed by atoms with Gasteiger partial charge >= 0.3 is 0 Å². The van der Waals surface area contributed by atoms with Crippen molar-refractivity contribution in [2.45, 2.75) is 0 Å². The summed E-state index contributed by atoms with van der Waals surface area (Å²) in [5, 5.41) is 0. The molecule has 0 aromatic carbocycles. The highest BCUT2D eigenvalue weighted by Gasteiger charge is 1.98. The van der Waals surface area contributed by atoms with E-state index in [0.29, 0.717) is 6.61 Å². The van der Waals surface area contributed by atoms with Crippen molar-refractivity contribution in [3.63, 3.8) is 0 Å². The van der Waals surface area contributed by atoms with E-state index in [-0.39, 0.29) is 12.2 Å². The Bertz CT molecular complexity index is 152. The van der Waals surface area contributed by atoms with E-state index in [1.807, 2.05) is 0 Å². The highest BCUT2D eigenvalue weighted by atomic mass is 16.5. The molecular formula is C7H11NO2. The second-order valence-electron chi connectivity index (χ2n) is 1.77. The number of rotatable bonds is 5. The molecule has 0 aliphatic rings. The number of carbonyl (C=O) groups excluding carboxylic acids is 1. The van der Waals surface area contributed by atoms with Crippen molar-refractivity contribution in [3.05, 3.63) is 24.8 Å². The van der Waals surface area contributed by atoms with Crippen molar-refractivity contribution in [1.29, 1.82) is 0 Å². The summed E-state index contributed by atoms with van der Waals surface area (Å²) in [6, 6.07) is 0. The van der Waals surface area contributed by atoms with Crippen LogP contribution in [0.5, 0.6) is 0 Å². The lowest BCUT2D eigenvalue weighted by Crippen LogP contribution is -2.16. The molecule has 0 aromatic rings. The van der Waals surface area contributed by atoms with Gasteiger partial charge in [-0.1, -0.05) is 12.7 Å². The predicted molar refractivity (Wildman–Crippen MR) is 39.4 cm³/mol. The van der Waals surface area contributed by atoms with E-state index in [1.54, 1.807) is 6.08 Å². The van der Waals surface area contributed by atoms with E-state index in [1.165, 1.54) is 0 Å². The molecule has 3 heteroatoms. The van der Waals surface area contributed by atoms with Gasteiger partial charge in [0.15, 0.2) is 0 Å². The lowest BCUT2D eigenvalue weighted by Gasteiger charge is -1.99. The second kappa shape index (κ2) is 4.76. The summed E-state index contributed by atoms with van der Waals surface area (Å²) in [6.45, 7) is 7.41. The van der Waals surface area contributed by atoms with Gasteiger partial charge in [0.2, 0.25) is 5.91 Å². The Balaban J connectivity index is 3.40. The van der Waals surface area contributed by atoms with Crippen LogP contribution in [0.25, 0.3) is 0 Å². The monoisotopic (exact) mass is 141 g/mol. The molecule has 0 spiro atoms. The zero-order chi connectivity index (χ0) is 7.98. The molecule has 3 nitrogen and oxygen atoms in total. The third-order valence-electron chi connectivity index (χ3n) is 0.860. The maximum atomic E-state index is 10.3. The topological polar surface area (TPSA) is 52.3 Å². The van der Waals surface area contributed by atoms with Crippen molar-refractivity contribution < 1.29 is 9.53 Å². The van der Waals surface area contributed by atoms with Crippen molar-refractivity contribution in [3.8, 4) is 0 Å². The maximum Gasteiger partial charge on any atom is 0.246 e. The third-order valence-corrected chi connectivity index (χ3v) is 0.860.